The highest BCUT2D eigenvalue weighted by atomic mass is 16.6. The van der Waals surface area contributed by atoms with E-state index in [2.05, 4.69) is 10.6 Å². The Morgan fingerprint density at radius 3 is 2.25 bits per heavy atom. The van der Waals surface area contributed by atoms with Crippen LogP contribution in [0.15, 0.2) is 0 Å². The number of ether oxygens (including phenoxy) is 2. The highest BCUT2D eigenvalue weighted by Gasteiger charge is 2.52. The predicted molar refractivity (Wildman–Crippen MR) is 71.0 cm³/mol. The van der Waals surface area contributed by atoms with E-state index in [-0.39, 0.29) is 13.2 Å². The zero-order chi connectivity index (χ0) is 15.4. The van der Waals surface area contributed by atoms with E-state index in [0.29, 0.717) is 12.8 Å². The van der Waals surface area contributed by atoms with Gasteiger partial charge in [0.1, 0.15) is 17.7 Å². The normalized spacial score (nSPS) is 16.0. The molecule has 2 N–H and O–H groups in total. The molecule has 1 aliphatic rings. The molecule has 7 nitrogen and oxygen atoms in total. The summed E-state index contributed by atoms with van der Waals surface area (Å²) < 4.78 is 9.81. The lowest BCUT2D eigenvalue weighted by atomic mass is 10.2. The molecule has 0 aromatic rings. The molecule has 1 fully saturated rings. The van der Waals surface area contributed by atoms with Crippen LogP contribution in [0.4, 0.5) is 4.79 Å². The number of amides is 2. The van der Waals surface area contributed by atoms with Gasteiger partial charge in [0.15, 0.2) is 0 Å². The van der Waals surface area contributed by atoms with Crippen molar-refractivity contribution in [3.63, 3.8) is 0 Å². The highest BCUT2D eigenvalue weighted by molar-refractivity contribution is 5.94. The van der Waals surface area contributed by atoms with E-state index in [9.17, 15) is 14.4 Å². The van der Waals surface area contributed by atoms with E-state index in [1.165, 1.54) is 0 Å². The van der Waals surface area contributed by atoms with Crippen LogP contribution in [0.25, 0.3) is 0 Å². The van der Waals surface area contributed by atoms with Gasteiger partial charge in [0, 0.05) is 0 Å². The van der Waals surface area contributed by atoms with Crippen LogP contribution >= 0.6 is 0 Å². The average Bonchev–Trinajstić information content (AvgIpc) is 3.04. The third-order valence-corrected chi connectivity index (χ3v) is 2.62. The fraction of sp³-hybridized carbons (Fsp3) is 0.769. The minimum Gasteiger partial charge on any atom is -0.465 e. The van der Waals surface area contributed by atoms with E-state index >= 15 is 0 Å². The fourth-order valence-corrected chi connectivity index (χ4v) is 1.57. The lowest BCUT2D eigenvalue weighted by Gasteiger charge is -2.22. The quantitative estimate of drug-likeness (QED) is 0.726. The lowest BCUT2D eigenvalue weighted by molar-refractivity contribution is -0.143. The van der Waals surface area contributed by atoms with Crippen LogP contribution in [0, 0.1) is 0 Å². The number of carbonyl (C=O) groups excluding carboxylic acids is 3. The van der Waals surface area contributed by atoms with Crippen molar-refractivity contribution in [2.45, 2.75) is 51.7 Å². The van der Waals surface area contributed by atoms with Gasteiger partial charge in [-0.1, -0.05) is 0 Å². The first-order valence-electron chi connectivity index (χ1n) is 6.63. The second-order valence-corrected chi connectivity index (χ2v) is 5.70. The molecule has 0 saturated heterocycles. The molecule has 2 amide bonds. The Balaban J connectivity index is 2.43. The first-order valence-corrected chi connectivity index (χ1v) is 6.63. The lowest BCUT2D eigenvalue weighted by Crippen LogP contribution is -2.51. The van der Waals surface area contributed by atoms with Crippen molar-refractivity contribution >= 4 is 18.0 Å². The molecule has 0 aromatic carbocycles. The summed E-state index contributed by atoms with van der Waals surface area (Å²) in [6.07, 6.45) is 0.420. The van der Waals surface area contributed by atoms with Crippen molar-refractivity contribution in [1.29, 1.82) is 0 Å². The van der Waals surface area contributed by atoms with Gasteiger partial charge in [-0.15, -0.1) is 0 Å². The third-order valence-electron chi connectivity index (χ3n) is 2.62. The standard InChI is InChI=1S/C13H22N2O5/c1-5-19-9(16)8-14-10(17)13(6-7-13)15-11(18)20-12(2,3)4/h5-8H2,1-4H3,(H,14,17)(H,15,18). The van der Waals surface area contributed by atoms with Crippen LogP contribution in [-0.4, -0.2) is 42.3 Å². The summed E-state index contributed by atoms with van der Waals surface area (Å²) in [5.41, 5.74) is -1.57. The molecule has 1 saturated carbocycles. The number of carbonyl (C=O) groups is 3. The topological polar surface area (TPSA) is 93.7 Å². The number of rotatable bonds is 5. The molecule has 0 radical (unpaired) electrons. The van der Waals surface area contributed by atoms with Gasteiger partial charge in [0.2, 0.25) is 5.91 Å². The van der Waals surface area contributed by atoms with Gasteiger partial charge in [-0.25, -0.2) is 4.79 Å². The molecule has 1 aliphatic carbocycles. The molecular weight excluding hydrogens is 264 g/mol. The van der Waals surface area contributed by atoms with Crippen molar-refractivity contribution in [2.75, 3.05) is 13.2 Å². The Hall–Kier alpha value is -1.79. The number of hydrogen-bond donors (Lipinski definition) is 2. The van der Waals surface area contributed by atoms with Gasteiger partial charge in [0.25, 0.3) is 0 Å². The summed E-state index contributed by atoms with van der Waals surface area (Å²) in [4.78, 5) is 34.8. The van der Waals surface area contributed by atoms with Crippen molar-refractivity contribution in [3.8, 4) is 0 Å². The molecule has 20 heavy (non-hydrogen) atoms. The van der Waals surface area contributed by atoms with Crippen LogP contribution in [-0.2, 0) is 19.1 Å². The second-order valence-electron chi connectivity index (χ2n) is 5.70. The van der Waals surface area contributed by atoms with E-state index in [1.54, 1.807) is 27.7 Å². The number of hydrogen-bond acceptors (Lipinski definition) is 5. The molecule has 1 rings (SSSR count). The van der Waals surface area contributed by atoms with Gasteiger partial charge in [-0.05, 0) is 40.5 Å². The van der Waals surface area contributed by atoms with Gasteiger partial charge in [-0.3, -0.25) is 9.59 Å². The Morgan fingerprint density at radius 2 is 1.80 bits per heavy atom. The van der Waals surface area contributed by atoms with Gasteiger partial charge in [-0.2, -0.15) is 0 Å². The van der Waals surface area contributed by atoms with Gasteiger partial charge < -0.3 is 20.1 Å². The number of alkyl carbamates (subject to hydrolysis) is 1. The summed E-state index contributed by atoms with van der Waals surface area (Å²) in [6.45, 7) is 6.97. The van der Waals surface area contributed by atoms with Gasteiger partial charge >= 0.3 is 12.1 Å². The van der Waals surface area contributed by atoms with E-state index in [4.69, 9.17) is 9.47 Å². The Labute approximate surface area is 118 Å². The van der Waals surface area contributed by atoms with E-state index in [1.807, 2.05) is 0 Å². The first-order chi connectivity index (χ1) is 9.18. The third kappa shape index (κ3) is 5.07. The minimum absolute atomic E-state index is 0.204. The van der Waals surface area contributed by atoms with Crippen molar-refractivity contribution < 1.29 is 23.9 Å². The molecule has 0 unspecified atom stereocenters. The largest absolute Gasteiger partial charge is 0.465 e. The molecule has 0 heterocycles. The summed E-state index contributed by atoms with van der Waals surface area (Å²) in [5, 5.41) is 5.01. The molecule has 0 bridgehead atoms. The fourth-order valence-electron chi connectivity index (χ4n) is 1.57. The van der Waals surface area contributed by atoms with E-state index < -0.39 is 29.1 Å². The summed E-state index contributed by atoms with van der Waals surface area (Å²) in [5.74, 6) is -0.898. The summed E-state index contributed by atoms with van der Waals surface area (Å²) in [7, 11) is 0. The maximum absolute atomic E-state index is 11.9. The van der Waals surface area contributed by atoms with Crippen molar-refractivity contribution in [3.05, 3.63) is 0 Å². The van der Waals surface area contributed by atoms with Crippen molar-refractivity contribution in [1.82, 2.24) is 10.6 Å². The Kier molecular flexibility index (Phi) is 4.97. The molecule has 0 aliphatic heterocycles. The molecule has 0 spiro atoms. The number of nitrogens with one attached hydrogen (secondary N) is 2. The summed E-state index contributed by atoms with van der Waals surface area (Å²) >= 11 is 0. The highest BCUT2D eigenvalue weighted by Crippen LogP contribution is 2.35. The molecular formula is C13H22N2O5. The van der Waals surface area contributed by atoms with Crippen LogP contribution in [0.5, 0.6) is 0 Å². The average molecular weight is 286 g/mol. The number of esters is 1. The Morgan fingerprint density at radius 1 is 1.20 bits per heavy atom. The molecule has 7 heteroatoms. The first kappa shape index (κ1) is 16.3. The second kappa shape index (κ2) is 6.11. The smallest absolute Gasteiger partial charge is 0.408 e. The van der Waals surface area contributed by atoms with E-state index in [0.717, 1.165) is 0 Å². The SMILES string of the molecule is CCOC(=O)CNC(=O)C1(NC(=O)OC(C)(C)C)CC1. The minimum atomic E-state index is -0.950. The summed E-state index contributed by atoms with van der Waals surface area (Å²) in [6, 6.07) is 0. The van der Waals surface area contributed by atoms with Crippen molar-refractivity contribution in [2.24, 2.45) is 0 Å². The zero-order valence-corrected chi connectivity index (χ0v) is 12.4. The maximum atomic E-state index is 11.9. The Bertz CT molecular complexity index is 396. The molecule has 0 aromatic heterocycles. The van der Waals surface area contributed by atoms with Crippen LogP contribution < -0.4 is 10.6 Å². The van der Waals surface area contributed by atoms with Crippen LogP contribution in [0.1, 0.15) is 40.5 Å². The van der Waals surface area contributed by atoms with Gasteiger partial charge in [0.05, 0.1) is 6.61 Å². The zero-order valence-electron chi connectivity index (χ0n) is 12.4. The predicted octanol–water partition coefficient (Wildman–Crippen LogP) is 0.723. The van der Waals surface area contributed by atoms with Crippen LogP contribution in [0.2, 0.25) is 0 Å². The monoisotopic (exact) mass is 286 g/mol. The van der Waals surface area contributed by atoms with Crippen LogP contribution in [0.3, 0.4) is 0 Å². The maximum Gasteiger partial charge on any atom is 0.408 e. The molecule has 0 atom stereocenters. The molecule has 114 valence electrons.